The molecule has 2 N–H and O–H groups in total. The number of para-hydroxylation sites is 1. The van der Waals surface area contributed by atoms with Crippen LogP contribution in [-0.4, -0.2) is 28.4 Å². The third-order valence-electron chi connectivity index (χ3n) is 5.54. The molecule has 3 amide bonds. The van der Waals surface area contributed by atoms with E-state index in [2.05, 4.69) is 15.7 Å². The zero-order valence-electron chi connectivity index (χ0n) is 18.7. The Balaban J connectivity index is 1.58. The van der Waals surface area contributed by atoms with Gasteiger partial charge < -0.3 is 10.6 Å². The molecule has 0 aromatic heterocycles. The average molecular weight is 509 g/mol. The fraction of sp³-hybridized carbons (Fsp3) is 0.154. The van der Waals surface area contributed by atoms with Crippen molar-refractivity contribution >= 4 is 58.0 Å². The summed E-state index contributed by atoms with van der Waals surface area (Å²) in [6.07, 6.45) is -0.465. The van der Waals surface area contributed by atoms with E-state index in [4.69, 9.17) is 23.2 Å². The molecule has 4 rings (SSSR count). The van der Waals surface area contributed by atoms with Gasteiger partial charge in [-0.15, -0.1) is 0 Å². The van der Waals surface area contributed by atoms with Crippen LogP contribution in [0.15, 0.2) is 84.0 Å². The summed E-state index contributed by atoms with van der Waals surface area (Å²) in [4.78, 5) is 39.1. The van der Waals surface area contributed by atoms with Gasteiger partial charge in [0.05, 0.1) is 11.8 Å². The highest BCUT2D eigenvalue weighted by molar-refractivity contribution is 6.31. The van der Waals surface area contributed by atoms with E-state index in [0.717, 1.165) is 0 Å². The first-order valence-corrected chi connectivity index (χ1v) is 11.6. The molecule has 3 aromatic rings. The number of anilines is 2. The van der Waals surface area contributed by atoms with Crippen LogP contribution in [0, 0.1) is 5.92 Å². The van der Waals surface area contributed by atoms with E-state index in [1.54, 1.807) is 67.6 Å². The molecule has 178 valence electrons. The minimum atomic E-state index is -0.803. The Bertz CT molecular complexity index is 1280. The fourth-order valence-electron chi connectivity index (χ4n) is 3.93. The van der Waals surface area contributed by atoms with E-state index in [1.807, 2.05) is 18.2 Å². The van der Waals surface area contributed by atoms with E-state index >= 15 is 0 Å². The van der Waals surface area contributed by atoms with Crippen LogP contribution in [0.25, 0.3) is 0 Å². The number of amides is 3. The maximum absolute atomic E-state index is 13.3. The highest BCUT2D eigenvalue weighted by atomic mass is 35.5. The first-order chi connectivity index (χ1) is 16.8. The number of halogens is 2. The normalized spacial score (nSPS) is 17.0. The number of hydrazone groups is 1. The largest absolute Gasteiger partial charge is 0.326 e. The van der Waals surface area contributed by atoms with Gasteiger partial charge in [-0.1, -0.05) is 59.6 Å². The molecule has 0 saturated carbocycles. The van der Waals surface area contributed by atoms with Crippen molar-refractivity contribution in [2.24, 2.45) is 11.0 Å². The van der Waals surface area contributed by atoms with Gasteiger partial charge in [0.2, 0.25) is 11.8 Å². The maximum Gasteiger partial charge on any atom is 0.252 e. The molecule has 0 saturated heterocycles. The zero-order chi connectivity index (χ0) is 24.9. The third kappa shape index (κ3) is 5.70. The Kier molecular flexibility index (Phi) is 7.48. The SMILES string of the molecule is CC1=NN(C(=O)CC(=O)Nc2ccc(Cl)cc2)C(c2ccccc2Cl)C1C(=O)Nc1ccccc1. The number of rotatable bonds is 6. The van der Waals surface area contributed by atoms with E-state index < -0.39 is 30.2 Å². The highest BCUT2D eigenvalue weighted by Crippen LogP contribution is 2.40. The van der Waals surface area contributed by atoms with Crippen LogP contribution in [0.1, 0.15) is 24.9 Å². The molecule has 1 aliphatic rings. The van der Waals surface area contributed by atoms with Gasteiger partial charge in [0, 0.05) is 21.4 Å². The summed E-state index contributed by atoms with van der Waals surface area (Å²) in [5, 5.41) is 12.0. The zero-order valence-corrected chi connectivity index (χ0v) is 20.3. The van der Waals surface area contributed by atoms with Crippen LogP contribution in [-0.2, 0) is 14.4 Å². The summed E-state index contributed by atoms with van der Waals surface area (Å²) in [7, 11) is 0. The second-order valence-corrected chi connectivity index (χ2v) is 8.85. The molecule has 0 bridgehead atoms. The maximum atomic E-state index is 13.3. The Morgan fingerprint density at radius 2 is 1.49 bits per heavy atom. The summed E-state index contributed by atoms with van der Waals surface area (Å²) in [6, 6.07) is 21.7. The van der Waals surface area contributed by atoms with Crippen LogP contribution in [0.3, 0.4) is 0 Å². The van der Waals surface area contributed by atoms with E-state index in [1.165, 1.54) is 5.01 Å². The second kappa shape index (κ2) is 10.7. The van der Waals surface area contributed by atoms with Crippen LogP contribution < -0.4 is 10.6 Å². The minimum absolute atomic E-state index is 0.330. The first-order valence-electron chi connectivity index (χ1n) is 10.9. The van der Waals surface area contributed by atoms with Gasteiger partial charge in [-0.3, -0.25) is 14.4 Å². The molecule has 0 aliphatic carbocycles. The number of nitrogens with zero attached hydrogens (tertiary/aromatic N) is 2. The Morgan fingerprint density at radius 3 is 2.17 bits per heavy atom. The molecule has 0 fully saturated rings. The Labute approximate surface area is 212 Å². The quantitative estimate of drug-likeness (QED) is 0.428. The van der Waals surface area contributed by atoms with Crippen molar-refractivity contribution in [2.45, 2.75) is 19.4 Å². The molecule has 0 spiro atoms. The van der Waals surface area contributed by atoms with Crippen molar-refractivity contribution in [3.05, 3.63) is 94.5 Å². The summed E-state index contributed by atoms with van der Waals surface area (Å²) in [5.41, 5.74) is 2.13. The predicted molar refractivity (Wildman–Crippen MR) is 137 cm³/mol. The number of hydrogen-bond donors (Lipinski definition) is 2. The van der Waals surface area contributed by atoms with Crippen molar-refractivity contribution < 1.29 is 14.4 Å². The molecule has 2 unspecified atom stereocenters. The number of nitrogens with one attached hydrogen (secondary N) is 2. The predicted octanol–water partition coefficient (Wildman–Crippen LogP) is 5.54. The van der Waals surface area contributed by atoms with E-state index in [0.29, 0.717) is 32.7 Å². The molecule has 7 nitrogen and oxygen atoms in total. The molecule has 35 heavy (non-hydrogen) atoms. The summed E-state index contributed by atoms with van der Waals surface area (Å²) >= 11 is 12.3. The van der Waals surface area contributed by atoms with Crippen molar-refractivity contribution in [3.63, 3.8) is 0 Å². The van der Waals surface area contributed by atoms with E-state index in [-0.39, 0.29) is 5.91 Å². The standard InChI is InChI=1S/C26H22Cl2N4O3/c1-16-24(26(35)30-18-7-3-2-4-8-18)25(20-9-5-6-10-21(20)28)32(31-16)23(34)15-22(33)29-19-13-11-17(27)12-14-19/h2-14,24-25H,15H2,1H3,(H,29,33)(H,30,35). The summed E-state index contributed by atoms with van der Waals surface area (Å²) < 4.78 is 0. The minimum Gasteiger partial charge on any atom is -0.326 e. The number of benzene rings is 3. The van der Waals surface area contributed by atoms with Crippen molar-refractivity contribution in [1.82, 2.24) is 5.01 Å². The van der Waals surface area contributed by atoms with Crippen LogP contribution in [0.2, 0.25) is 10.0 Å². The fourth-order valence-corrected chi connectivity index (χ4v) is 4.31. The molecule has 1 aliphatic heterocycles. The lowest BCUT2D eigenvalue weighted by Gasteiger charge is -2.27. The van der Waals surface area contributed by atoms with Crippen LogP contribution in [0.4, 0.5) is 11.4 Å². The van der Waals surface area contributed by atoms with Gasteiger partial charge in [-0.25, -0.2) is 5.01 Å². The molecular formula is C26H22Cl2N4O3. The molecular weight excluding hydrogens is 487 g/mol. The van der Waals surface area contributed by atoms with E-state index in [9.17, 15) is 14.4 Å². The topological polar surface area (TPSA) is 90.9 Å². The molecule has 1 heterocycles. The van der Waals surface area contributed by atoms with Gasteiger partial charge in [0.25, 0.3) is 5.91 Å². The monoisotopic (exact) mass is 508 g/mol. The van der Waals surface area contributed by atoms with Gasteiger partial charge in [-0.05, 0) is 55.0 Å². The molecule has 0 radical (unpaired) electrons. The molecule has 3 aromatic carbocycles. The first kappa shape index (κ1) is 24.4. The molecule has 9 heteroatoms. The van der Waals surface area contributed by atoms with Gasteiger partial charge in [0.15, 0.2) is 0 Å². The van der Waals surface area contributed by atoms with Crippen molar-refractivity contribution in [1.29, 1.82) is 0 Å². The molecule has 2 atom stereocenters. The Morgan fingerprint density at radius 1 is 0.857 bits per heavy atom. The lowest BCUT2D eigenvalue weighted by Crippen LogP contribution is -2.37. The van der Waals surface area contributed by atoms with Crippen LogP contribution in [0.5, 0.6) is 0 Å². The third-order valence-corrected chi connectivity index (χ3v) is 6.13. The lowest BCUT2D eigenvalue weighted by atomic mass is 9.89. The van der Waals surface area contributed by atoms with Gasteiger partial charge >= 0.3 is 0 Å². The van der Waals surface area contributed by atoms with Gasteiger partial charge in [0.1, 0.15) is 12.3 Å². The lowest BCUT2D eigenvalue weighted by molar-refractivity contribution is -0.137. The highest BCUT2D eigenvalue weighted by Gasteiger charge is 2.44. The van der Waals surface area contributed by atoms with Crippen LogP contribution >= 0.6 is 23.2 Å². The second-order valence-electron chi connectivity index (χ2n) is 8.01. The smallest absolute Gasteiger partial charge is 0.252 e. The summed E-state index contributed by atoms with van der Waals surface area (Å²) in [6.45, 7) is 1.68. The number of hydrogen-bond acceptors (Lipinski definition) is 4. The average Bonchev–Trinajstić information content (AvgIpc) is 3.18. The summed E-state index contributed by atoms with van der Waals surface area (Å²) in [5.74, 6) is -2.20. The van der Waals surface area contributed by atoms with Crippen molar-refractivity contribution in [3.8, 4) is 0 Å². The van der Waals surface area contributed by atoms with Gasteiger partial charge in [-0.2, -0.15) is 5.10 Å². The Hall–Kier alpha value is -3.68. The number of carbonyl (C=O) groups excluding carboxylic acids is 3. The number of carbonyl (C=O) groups is 3. The van der Waals surface area contributed by atoms with Crippen molar-refractivity contribution in [2.75, 3.05) is 10.6 Å².